The first-order valence-electron chi connectivity index (χ1n) is 4.44. The van der Waals surface area contributed by atoms with Gasteiger partial charge >= 0.3 is 0 Å². The minimum Gasteiger partial charge on any atom is -0.370 e. The first kappa shape index (κ1) is 13.4. The molecule has 0 aliphatic carbocycles. The fraction of sp³-hybridized carbons (Fsp3) is 0.625. The molecule has 0 saturated carbocycles. The lowest BCUT2D eigenvalue weighted by Crippen LogP contribution is -2.50. The number of likely N-dealkylation sites (N-methyl/N-ethyl adjacent to an activating group) is 1. The molecule has 0 aromatic heterocycles. The number of rotatable bonds is 5. The van der Waals surface area contributed by atoms with E-state index < -0.39 is 23.9 Å². The topological polar surface area (TPSA) is 127 Å². The highest BCUT2D eigenvalue weighted by molar-refractivity contribution is 5.91. The molecule has 0 aromatic carbocycles. The molecule has 3 amide bonds. The van der Waals surface area contributed by atoms with Crippen LogP contribution in [0.4, 0.5) is 0 Å². The van der Waals surface area contributed by atoms with Crippen LogP contribution in [0.5, 0.6) is 0 Å². The van der Waals surface area contributed by atoms with Crippen molar-refractivity contribution in [3.63, 3.8) is 0 Å². The monoisotopic (exact) mass is 216 g/mol. The Bertz CT molecular complexity index is 267. The molecular formula is C8H16N4O3. The van der Waals surface area contributed by atoms with Crippen LogP contribution < -0.4 is 22.1 Å². The van der Waals surface area contributed by atoms with Crippen molar-refractivity contribution in [2.45, 2.75) is 25.4 Å². The van der Waals surface area contributed by atoms with Gasteiger partial charge in [-0.15, -0.1) is 0 Å². The van der Waals surface area contributed by atoms with Gasteiger partial charge in [0.05, 0.1) is 12.5 Å². The zero-order valence-electron chi connectivity index (χ0n) is 8.74. The van der Waals surface area contributed by atoms with Gasteiger partial charge in [-0.05, 0) is 6.92 Å². The third kappa shape index (κ3) is 4.96. The number of carbonyl (C=O) groups excluding carboxylic acids is 3. The summed E-state index contributed by atoms with van der Waals surface area (Å²) in [5.74, 6) is -1.58. The van der Waals surface area contributed by atoms with Crippen molar-refractivity contribution in [1.82, 2.24) is 10.6 Å². The quantitative estimate of drug-likeness (QED) is 0.403. The summed E-state index contributed by atoms with van der Waals surface area (Å²) >= 11 is 0. The van der Waals surface area contributed by atoms with Gasteiger partial charge in [-0.2, -0.15) is 0 Å². The number of hydrogen-bond donors (Lipinski definition) is 4. The molecule has 15 heavy (non-hydrogen) atoms. The molecule has 0 aliphatic heterocycles. The molecule has 0 rings (SSSR count). The van der Waals surface area contributed by atoms with Crippen LogP contribution in [0.3, 0.4) is 0 Å². The molecule has 0 fully saturated rings. The molecule has 86 valence electrons. The Morgan fingerprint density at radius 2 is 1.80 bits per heavy atom. The highest BCUT2D eigenvalue weighted by atomic mass is 16.2. The fourth-order valence-electron chi connectivity index (χ4n) is 0.912. The van der Waals surface area contributed by atoms with Crippen molar-refractivity contribution in [3.8, 4) is 0 Å². The van der Waals surface area contributed by atoms with E-state index in [1.54, 1.807) is 0 Å². The van der Waals surface area contributed by atoms with E-state index in [2.05, 4.69) is 10.6 Å². The Hall–Kier alpha value is -1.63. The van der Waals surface area contributed by atoms with Crippen LogP contribution >= 0.6 is 0 Å². The second-order valence-corrected chi connectivity index (χ2v) is 3.12. The Morgan fingerprint density at radius 1 is 1.27 bits per heavy atom. The number of nitrogens with one attached hydrogen (secondary N) is 2. The molecule has 0 spiro atoms. The second kappa shape index (κ2) is 5.97. The highest BCUT2D eigenvalue weighted by Gasteiger charge is 2.20. The number of carbonyl (C=O) groups is 3. The molecule has 0 bridgehead atoms. The van der Waals surface area contributed by atoms with E-state index in [0.29, 0.717) is 0 Å². The zero-order chi connectivity index (χ0) is 12.0. The lowest BCUT2D eigenvalue weighted by molar-refractivity contribution is -0.130. The maximum atomic E-state index is 11.3. The molecule has 7 nitrogen and oxygen atoms in total. The molecule has 0 aromatic rings. The maximum absolute atomic E-state index is 11.3. The third-order valence-electron chi connectivity index (χ3n) is 1.76. The summed E-state index contributed by atoms with van der Waals surface area (Å²) in [5, 5.41) is 4.72. The lowest BCUT2D eigenvalue weighted by Gasteiger charge is -2.15. The smallest absolute Gasteiger partial charge is 0.242 e. The van der Waals surface area contributed by atoms with Crippen LogP contribution in [-0.4, -0.2) is 36.9 Å². The van der Waals surface area contributed by atoms with E-state index in [-0.39, 0.29) is 12.3 Å². The molecule has 0 saturated heterocycles. The Morgan fingerprint density at radius 3 is 2.20 bits per heavy atom. The Labute approximate surface area is 87.6 Å². The lowest BCUT2D eigenvalue weighted by atomic mass is 10.2. The van der Waals surface area contributed by atoms with Crippen molar-refractivity contribution < 1.29 is 14.4 Å². The number of amides is 3. The van der Waals surface area contributed by atoms with E-state index in [0.717, 1.165) is 0 Å². The number of hydrogen-bond acceptors (Lipinski definition) is 4. The van der Waals surface area contributed by atoms with Crippen molar-refractivity contribution in [2.75, 3.05) is 7.05 Å². The normalized spacial score (nSPS) is 13.8. The van der Waals surface area contributed by atoms with Crippen LogP contribution in [0, 0.1) is 0 Å². The average Bonchev–Trinajstić information content (AvgIpc) is 2.15. The minimum absolute atomic E-state index is 0.244. The average molecular weight is 216 g/mol. The number of nitrogens with two attached hydrogens (primary N) is 2. The van der Waals surface area contributed by atoms with E-state index in [1.807, 2.05) is 0 Å². The standard InChI is InChI=1S/C8H16N4O3/c1-4(7(14)11-2)12-8(15)5(9)3-6(10)13/h4-5H,3,9H2,1-2H3,(H2,10,13)(H,11,14)(H,12,15). The van der Waals surface area contributed by atoms with Gasteiger partial charge in [0, 0.05) is 7.05 Å². The maximum Gasteiger partial charge on any atom is 0.242 e. The first-order valence-corrected chi connectivity index (χ1v) is 4.44. The van der Waals surface area contributed by atoms with Gasteiger partial charge in [0.1, 0.15) is 6.04 Å². The van der Waals surface area contributed by atoms with E-state index in [9.17, 15) is 14.4 Å². The molecule has 6 N–H and O–H groups in total. The van der Waals surface area contributed by atoms with Crippen LogP contribution in [0.2, 0.25) is 0 Å². The van der Waals surface area contributed by atoms with Crippen molar-refractivity contribution in [1.29, 1.82) is 0 Å². The summed E-state index contributed by atoms with van der Waals surface area (Å²) in [7, 11) is 1.45. The van der Waals surface area contributed by atoms with Gasteiger partial charge in [-0.3, -0.25) is 14.4 Å². The molecule has 0 heterocycles. The summed E-state index contributed by atoms with van der Waals surface area (Å²) in [4.78, 5) is 32.8. The summed E-state index contributed by atoms with van der Waals surface area (Å²) < 4.78 is 0. The van der Waals surface area contributed by atoms with Crippen LogP contribution in [0.1, 0.15) is 13.3 Å². The highest BCUT2D eigenvalue weighted by Crippen LogP contribution is 1.89. The van der Waals surface area contributed by atoms with Gasteiger partial charge in [-0.25, -0.2) is 0 Å². The largest absolute Gasteiger partial charge is 0.370 e. The SMILES string of the molecule is CNC(=O)C(C)NC(=O)C(N)CC(N)=O. The van der Waals surface area contributed by atoms with E-state index in [4.69, 9.17) is 11.5 Å². The van der Waals surface area contributed by atoms with Gasteiger partial charge in [0.15, 0.2) is 0 Å². The minimum atomic E-state index is -1.02. The van der Waals surface area contributed by atoms with Gasteiger partial charge in [-0.1, -0.05) is 0 Å². The zero-order valence-corrected chi connectivity index (χ0v) is 8.74. The molecule has 7 heteroatoms. The summed E-state index contributed by atoms with van der Waals surface area (Å²) in [6.07, 6.45) is -0.244. The predicted octanol–water partition coefficient (Wildman–Crippen LogP) is -2.56. The molecular weight excluding hydrogens is 200 g/mol. The van der Waals surface area contributed by atoms with Crippen molar-refractivity contribution in [2.24, 2.45) is 11.5 Å². The predicted molar refractivity (Wildman–Crippen MR) is 53.5 cm³/mol. The van der Waals surface area contributed by atoms with E-state index >= 15 is 0 Å². The van der Waals surface area contributed by atoms with Crippen LogP contribution in [0.25, 0.3) is 0 Å². The van der Waals surface area contributed by atoms with E-state index in [1.165, 1.54) is 14.0 Å². The van der Waals surface area contributed by atoms with Gasteiger partial charge in [0.25, 0.3) is 0 Å². The summed E-state index contributed by atoms with van der Waals surface area (Å²) in [6, 6.07) is -1.71. The number of primary amides is 1. The molecule has 2 atom stereocenters. The summed E-state index contributed by atoms with van der Waals surface area (Å²) in [5.41, 5.74) is 10.2. The van der Waals surface area contributed by atoms with Gasteiger partial charge in [0.2, 0.25) is 17.7 Å². The molecule has 2 unspecified atom stereocenters. The third-order valence-corrected chi connectivity index (χ3v) is 1.76. The second-order valence-electron chi connectivity index (χ2n) is 3.12. The fourth-order valence-corrected chi connectivity index (χ4v) is 0.912. The molecule has 0 radical (unpaired) electrons. The molecule has 0 aliphatic rings. The summed E-state index contributed by atoms with van der Waals surface area (Å²) in [6.45, 7) is 1.51. The van der Waals surface area contributed by atoms with Crippen molar-refractivity contribution >= 4 is 17.7 Å². The Balaban J connectivity index is 4.12. The first-order chi connectivity index (χ1) is 6.88. The van der Waals surface area contributed by atoms with Crippen LogP contribution in [-0.2, 0) is 14.4 Å². The Kier molecular flexibility index (Phi) is 5.32. The van der Waals surface area contributed by atoms with Crippen molar-refractivity contribution in [3.05, 3.63) is 0 Å². The van der Waals surface area contributed by atoms with Crippen LogP contribution in [0.15, 0.2) is 0 Å². The van der Waals surface area contributed by atoms with Gasteiger partial charge < -0.3 is 22.1 Å².